The van der Waals surface area contributed by atoms with E-state index in [9.17, 15) is 0 Å². The Balaban J connectivity index is 2.10. The molecule has 0 saturated carbocycles. The average Bonchev–Trinajstić information content (AvgIpc) is 2.93. The number of rotatable bonds is 6. The fraction of sp³-hybridized carbons (Fsp3) is 0.714. The molecule has 5 nitrogen and oxygen atoms in total. The Hall–Kier alpha value is -1.36. The van der Waals surface area contributed by atoms with Crippen LogP contribution in [0.25, 0.3) is 0 Å². The number of aryl methyl sites for hydroxylation is 1. The van der Waals surface area contributed by atoms with Gasteiger partial charge < -0.3 is 15.4 Å². The summed E-state index contributed by atoms with van der Waals surface area (Å²) in [6, 6.07) is 0. The number of aromatic nitrogens is 2. The van der Waals surface area contributed by atoms with Gasteiger partial charge in [0.05, 0.1) is 6.10 Å². The molecule has 1 saturated heterocycles. The summed E-state index contributed by atoms with van der Waals surface area (Å²) in [6.45, 7) is 8.78. The lowest BCUT2D eigenvalue weighted by Gasteiger charge is -2.16. The van der Waals surface area contributed by atoms with E-state index in [1.54, 1.807) is 0 Å². The van der Waals surface area contributed by atoms with Gasteiger partial charge in [-0.25, -0.2) is 9.97 Å². The maximum atomic E-state index is 5.63. The summed E-state index contributed by atoms with van der Waals surface area (Å²) >= 11 is 0. The third kappa shape index (κ3) is 3.56. The Kier molecular flexibility index (Phi) is 4.96. The Morgan fingerprint density at radius 2 is 1.95 bits per heavy atom. The van der Waals surface area contributed by atoms with Crippen molar-refractivity contribution >= 4 is 11.6 Å². The average molecular weight is 264 g/mol. The van der Waals surface area contributed by atoms with Crippen LogP contribution in [0.5, 0.6) is 0 Å². The summed E-state index contributed by atoms with van der Waals surface area (Å²) in [6.07, 6.45) is 3.46. The zero-order chi connectivity index (χ0) is 13.7. The Labute approximate surface area is 115 Å². The minimum absolute atomic E-state index is 0.321. The normalized spacial score (nSPS) is 18.6. The van der Waals surface area contributed by atoms with E-state index in [1.165, 1.54) is 0 Å². The van der Waals surface area contributed by atoms with E-state index in [2.05, 4.69) is 41.4 Å². The number of ether oxygens (including phenoxy) is 1. The predicted octanol–water partition coefficient (Wildman–Crippen LogP) is 2.37. The minimum atomic E-state index is 0.321. The van der Waals surface area contributed by atoms with Crippen molar-refractivity contribution in [3.8, 4) is 0 Å². The summed E-state index contributed by atoms with van der Waals surface area (Å²) in [5.74, 6) is 2.74. The molecule has 1 aliphatic rings. The predicted molar refractivity (Wildman–Crippen MR) is 77.8 cm³/mol. The monoisotopic (exact) mass is 264 g/mol. The molecule has 1 atom stereocenters. The molecule has 1 aliphatic heterocycles. The topological polar surface area (TPSA) is 59.1 Å². The summed E-state index contributed by atoms with van der Waals surface area (Å²) in [5, 5.41) is 6.71. The first-order valence-corrected chi connectivity index (χ1v) is 7.21. The maximum Gasteiger partial charge on any atom is 0.134 e. The van der Waals surface area contributed by atoms with Gasteiger partial charge in [0.2, 0.25) is 0 Å². The molecule has 1 fully saturated rings. The summed E-state index contributed by atoms with van der Waals surface area (Å²) < 4.78 is 5.63. The lowest BCUT2D eigenvalue weighted by molar-refractivity contribution is 0.120. The third-order valence-corrected chi connectivity index (χ3v) is 3.37. The van der Waals surface area contributed by atoms with Crippen LogP contribution in [0.15, 0.2) is 0 Å². The van der Waals surface area contributed by atoms with Crippen LogP contribution in [0.2, 0.25) is 0 Å². The molecule has 0 aliphatic carbocycles. The lowest BCUT2D eigenvalue weighted by atomic mass is 10.2. The van der Waals surface area contributed by atoms with E-state index in [-0.39, 0.29) is 0 Å². The SMILES string of the molecule is CCNc1nc(CC)nc(NCC2CCCO2)c1C. The first-order chi connectivity index (χ1) is 9.24. The van der Waals surface area contributed by atoms with E-state index >= 15 is 0 Å². The van der Waals surface area contributed by atoms with E-state index in [0.29, 0.717) is 6.10 Å². The van der Waals surface area contributed by atoms with Crippen molar-refractivity contribution in [2.75, 3.05) is 30.3 Å². The van der Waals surface area contributed by atoms with Crippen LogP contribution in [-0.4, -0.2) is 35.8 Å². The second-order valence-corrected chi connectivity index (χ2v) is 4.86. The molecule has 5 heteroatoms. The van der Waals surface area contributed by atoms with Crippen molar-refractivity contribution in [2.24, 2.45) is 0 Å². The van der Waals surface area contributed by atoms with Crippen molar-refractivity contribution in [1.29, 1.82) is 0 Å². The molecule has 1 aromatic rings. The highest BCUT2D eigenvalue weighted by atomic mass is 16.5. The van der Waals surface area contributed by atoms with Crippen molar-refractivity contribution in [3.05, 3.63) is 11.4 Å². The molecule has 0 aromatic carbocycles. The van der Waals surface area contributed by atoms with Gasteiger partial charge in [0.15, 0.2) is 0 Å². The van der Waals surface area contributed by atoms with Gasteiger partial charge in [-0.15, -0.1) is 0 Å². The fourth-order valence-electron chi connectivity index (χ4n) is 2.25. The van der Waals surface area contributed by atoms with E-state index in [0.717, 1.165) is 62.0 Å². The number of hydrogen-bond acceptors (Lipinski definition) is 5. The number of hydrogen-bond donors (Lipinski definition) is 2. The van der Waals surface area contributed by atoms with Crippen LogP contribution >= 0.6 is 0 Å². The second-order valence-electron chi connectivity index (χ2n) is 4.86. The molecule has 0 amide bonds. The molecule has 2 rings (SSSR count). The van der Waals surface area contributed by atoms with Gasteiger partial charge in [0, 0.05) is 31.7 Å². The number of anilines is 2. The van der Waals surface area contributed by atoms with Crippen molar-refractivity contribution in [3.63, 3.8) is 0 Å². The molecule has 2 N–H and O–H groups in total. The first-order valence-electron chi connectivity index (χ1n) is 7.21. The molecule has 0 spiro atoms. The minimum Gasteiger partial charge on any atom is -0.376 e. The molecular formula is C14H24N4O. The molecule has 19 heavy (non-hydrogen) atoms. The van der Waals surface area contributed by atoms with Crippen LogP contribution in [0, 0.1) is 6.92 Å². The smallest absolute Gasteiger partial charge is 0.134 e. The Bertz CT molecular complexity index is 416. The maximum absolute atomic E-state index is 5.63. The molecule has 1 aromatic heterocycles. The van der Waals surface area contributed by atoms with Gasteiger partial charge in [-0.2, -0.15) is 0 Å². The standard InChI is InChI=1S/C14H24N4O/c1-4-12-17-13(15-5-2)10(3)14(18-12)16-9-11-7-6-8-19-11/h11H,4-9H2,1-3H3,(H2,15,16,17,18). The third-order valence-electron chi connectivity index (χ3n) is 3.37. The largest absolute Gasteiger partial charge is 0.376 e. The Morgan fingerprint density at radius 3 is 2.53 bits per heavy atom. The first kappa shape index (κ1) is 14.1. The molecule has 2 heterocycles. The van der Waals surface area contributed by atoms with E-state index < -0.39 is 0 Å². The van der Waals surface area contributed by atoms with Crippen LogP contribution in [0.3, 0.4) is 0 Å². The Morgan fingerprint density at radius 1 is 1.21 bits per heavy atom. The van der Waals surface area contributed by atoms with Crippen LogP contribution < -0.4 is 10.6 Å². The zero-order valence-corrected chi connectivity index (χ0v) is 12.1. The fourth-order valence-corrected chi connectivity index (χ4v) is 2.25. The second kappa shape index (κ2) is 6.70. The van der Waals surface area contributed by atoms with Gasteiger partial charge in [-0.1, -0.05) is 6.92 Å². The summed E-state index contributed by atoms with van der Waals surface area (Å²) in [7, 11) is 0. The van der Waals surface area contributed by atoms with Crippen molar-refractivity contribution in [1.82, 2.24) is 9.97 Å². The molecule has 106 valence electrons. The van der Waals surface area contributed by atoms with Gasteiger partial charge in [0.25, 0.3) is 0 Å². The summed E-state index contributed by atoms with van der Waals surface area (Å²) in [5.41, 5.74) is 1.08. The lowest BCUT2D eigenvalue weighted by Crippen LogP contribution is -2.20. The van der Waals surface area contributed by atoms with Gasteiger partial charge in [0.1, 0.15) is 17.5 Å². The highest BCUT2D eigenvalue weighted by Gasteiger charge is 2.16. The molecule has 0 radical (unpaired) electrons. The van der Waals surface area contributed by atoms with Crippen LogP contribution in [0.4, 0.5) is 11.6 Å². The van der Waals surface area contributed by atoms with Crippen molar-refractivity contribution in [2.45, 2.75) is 46.1 Å². The van der Waals surface area contributed by atoms with E-state index in [4.69, 9.17) is 4.74 Å². The van der Waals surface area contributed by atoms with Gasteiger partial charge in [-0.3, -0.25) is 0 Å². The van der Waals surface area contributed by atoms with Gasteiger partial charge >= 0.3 is 0 Å². The van der Waals surface area contributed by atoms with Crippen LogP contribution in [-0.2, 0) is 11.2 Å². The van der Waals surface area contributed by atoms with Crippen LogP contribution in [0.1, 0.15) is 38.1 Å². The highest BCUT2D eigenvalue weighted by molar-refractivity contribution is 5.57. The zero-order valence-electron chi connectivity index (χ0n) is 12.1. The molecular weight excluding hydrogens is 240 g/mol. The number of nitrogens with zero attached hydrogens (tertiary/aromatic N) is 2. The molecule has 1 unspecified atom stereocenters. The molecule has 0 bridgehead atoms. The van der Waals surface area contributed by atoms with E-state index in [1.807, 2.05) is 0 Å². The van der Waals surface area contributed by atoms with Gasteiger partial charge in [-0.05, 0) is 26.7 Å². The quantitative estimate of drug-likeness (QED) is 0.826. The summed E-state index contributed by atoms with van der Waals surface area (Å²) in [4.78, 5) is 9.10. The number of nitrogens with one attached hydrogen (secondary N) is 2. The van der Waals surface area contributed by atoms with Crippen molar-refractivity contribution < 1.29 is 4.74 Å². The highest BCUT2D eigenvalue weighted by Crippen LogP contribution is 2.21.